The number of rotatable bonds is 8. The van der Waals surface area contributed by atoms with Gasteiger partial charge in [0.25, 0.3) is 0 Å². The summed E-state index contributed by atoms with van der Waals surface area (Å²) in [5.74, 6) is 1.41. The first-order valence-electron chi connectivity index (χ1n) is 6.95. The zero-order chi connectivity index (χ0) is 14.9. The molecule has 4 nitrogen and oxygen atoms in total. The maximum absolute atomic E-state index is 5.73. The number of methoxy groups -OCH3 is 1. The van der Waals surface area contributed by atoms with Crippen molar-refractivity contribution in [2.24, 2.45) is 5.73 Å². The van der Waals surface area contributed by atoms with E-state index < -0.39 is 0 Å². The van der Waals surface area contributed by atoms with Crippen LogP contribution in [0.3, 0.4) is 0 Å². The maximum atomic E-state index is 5.73. The molecule has 0 atom stereocenters. The van der Waals surface area contributed by atoms with Crippen molar-refractivity contribution in [2.45, 2.75) is 13.0 Å². The molecule has 0 aliphatic rings. The molecule has 0 bridgehead atoms. The van der Waals surface area contributed by atoms with E-state index in [1.807, 2.05) is 48.5 Å². The Balaban J connectivity index is 1.92. The second-order valence-corrected chi connectivity index (χ2v) is 4.58. The summed E-state index contributed by atoms with van der Waals surface area (Å²) in [6.07, 6.45) is 0.741. The van der Waals surface area contributed by atoms with Crippen molar-refractivity contribution < 1.29 is 14.2 Å². The Morgan fingerprint density at radius 1 is 1.00 bits per heavy atom. The molecule has 2 rings (SSSR count). The molecule has 0 amide bonds. The fraction of sp³-hybridized carbons (Fsp3) is 0.294. The predicted molar refractivity (Wildman–Crippen MR) is 82.5 cm³/mol. The van der Waals surface area contributed by atoms with E-state index in [1.165, 1.54) is 0 Å². The lowest BCUT2D eigenvalue weighted by molar-refractivity contribution is 0.00325. The van der Waals surface area contributed by atoms with Crippen LogP contribution in [0.4, 0.5) is 0 Å². The van der Waals surface area contributed by atoms with Gasteiger partial charge in [0.15, 0.2) is 18.3 Å². The van der Waals surface area contributed by atoms with Crippen LogP contribution in [0.15, 0.2) is 48.5 Å². The van der Waals surface area contributed by atoms with Crippen molar-refractivity contribution in [3.8, 4) is 11.5 Å². The second kappa shape index (κ2) is 8.29. The molecule has 0 saturated heterocycles. The summed E-state index contributed by atoms with van der Waals surface area (Å²) >= 11 is 0. The highest BCUT2D eigenvalue weighted by molar-refractivity contribution is 5.46. The number of nitrogens with two attached hydrogens (primary N) is 1. The Bertz CT molecular complexity index is 543. The zero-order valence-electron chi connectivity index (χ0n) is 12.2. The molecule has 0 spiro atoms. The van der Waals surface area contributed by atoms with E-state index in [4.69, 9.17) is 19.9 Å². The van der Waals surface area contributed by atoms with Crippen molar-refractivity contribution in [1.29, 1.82) is 0 Å². The number of benzene rings is 2. The lowest BCUT2D eigenvalue weighted by atomic mass is 10.1. The summed E-state index contributed by atoms with van der Waals surface area (Å²) in [6.45, 7) is 1.25. The van der Waals surface area contributed by atoms with Crippen LogP contribution in [-0.4, -0.2) is 20.4 Å². The highest BCUT2D eigenvalue weighted by Crippen LogP contribution is 2.31. The standard InChI is InChI=1S/C17H21NO3/c1-19-16-9-5-8-15(10-11-18)17(16)21-13-20-12-14-6-3-2-4-7-14/h2-9H,10-13,18H2,1H3. The highest BCUT2D eigenvalue weighted by Gasteiger charge is 2.10. The zero-order valence-corrected chi connectivity index (χ0v) is 12.2. The predicted octanol–water partition coefficient (Wildman–Crippen LogP) is 2.75. The van der Waals surface area contributed by atoms with Gasteiger partial charge in [0.05, 0.1) is 13.7 Å². The van der Waals surface area contributed by atoms with E-state index in [1.54, 1.807) is 7.11 Å². The van der Waals surface area contributed by atoms with Gasteiger partial charge in [-0.05, 0) is 30.2 Å². The van der Waals surface area contributed by atoms with Crippen LogP contribution >= 0.6 is 0 Å². The minimum atomic E-state index is 0.173. The van der Waals surface area contributed by atoms with Gasteiger partial charge in [-0.3, -0.25) is 0 Å². The first kappa shape index (κ1) is 15.4. The molecule has 0 fully saturated rings. The Labute approximate surface area is 125 Å². The fourth-order valence-electron chi connectivity index (χ4n) is 2.07. The van der Waals surface area contributed by atoms with Gasteiger partial charge in [-0.2, -0.15) is 0 Å². The number of para-hydroxylation sites is 1. The molecular weight excluding hydrogens is 266 g/mol. The maximum Gasteiger partial charge on any atom is 0.189 e. The van der Waals surface area contributed by atoms with Crippen LogP contribution in [-0.2, 0) is 17.8 Å². The molecule has 2 aromatic rings. The summed E-state index contributed by atoms with van der Waals surface area (Å²) < 4.78 is 16.6. The van der Waals surface area contributed by atoms with Crippen LogP contribution in [0.5, 0.6) is 11.5 Å². The molecule has 2 N–H and O–H groups in total. The highest BCUT2D eigenvalue weighted by atomic mass is 16.7. The number of ether oxygens (including phenoxy) is 3. The van der Waals surface area contributed by atoms with Crippen molar-refractivity contribution in [3.05, 3.63) is 59.7 Å². The largest absolute Gasteiger partial charge is 0.493 e. The van der Waals surface area contributed by atoms with Gasteiger partial charge in [-0.25, -0.2) is 0 Å². The molecule has 21 heavy (non-hydrogen) atoms. The molecule has 4 heteroatoms. The van der Waals surface area contributed by atoms with E-state index in [-0.39, 0.29) is 6.79 Å². The summed E-state index contributed by atoms with van der Waals surface area (Å²) in [5, 5.41) is 0. The van der Waals surface area contributed by atoms with Gasteiger partial charge in [0.1, 0.15) is 0 Å². The van der Waals surface area contributed by atoms with Crippen LogP contribution in [0.25, 0.3) is 0 Å². The third-order valence-electron chi connectivity index (χ3n) is 3.09. The van der Waals surface area contributed by atoms with Crippen molar-refractivity contribution in [1.82, 2.24) is 0 Å². The van der Waals surface area contributed by atoms with Crippen LogP contribution in [0.2, 0.25) is 0 Å². The number of hydrogen-bond donors (Lipinski definition) is 1. The third kappa shape index (κ3) is 4.48. The monoisotopic (exact) mass is 287 g/mol. The van der Waals surface area contributed by atoms with Crippen molar-refractivity contribution >= 4 is 0 Å². The number of hydrogen-bond acceptors (Lipinski definition) is 4. The summed E-state index contributed by atoms with van der Waals surface area (Å²) in [7, 11) is 1.62. The van der Waals surface area contributed by atoms with E-state index in [2.05, 4.69) is 0 Å². The SMILES string of the molecule is COc1cccc(CCN)c1OCOCc1ccccc1. The van der Waals surface area contributed by atoms with Crippen LogP contribution in [0.1, 0.15) is 11.1 Å². The van der Waals surface area contributed by atoms with Gasteiger partial charge in [-0.15, -0.1) is 0 Å². The molecule has 0 aliphatic carbocycles. The van der Waals surface area contributed by atoms with Gasteiger partial charge < -0.3 is 19.9 Å². The van der Waals surface area contributed by atoms with E-state index in [0.29, 0.717) is 24.7 Å². The smallest absolute Gasteiger partial charge is 0.189 e. The van der Waals surface area contributed by atoms with Gasteiger partial charge in [-0.1, -0.05) is 42.5 Å². The summed E-state index contributed by atoms with van der Waals surface area (Å²) in [5.41, 5.74) is 7.77. The van der Waals surface area contributed by atoms with Gasteiger partial charge in [0.2, 0.25) is 0 Å². The second-order valence-electron chi connectivity index (χ2n) is 4.58. The van der Waals surface area contributed by atoms with Gasteiger partial charge >= 0.3 is 0 Å². The van der Waals surface area contributed by atoms with Crippen LogP contribution in [0, 0.1) is 0 Å². The average Bonchev–Trinajstić information content (AvgIpc) is 2.53. The topological polar surface area (TPSA) is 53.7 Å². The normalized spacial score (nSPS) is 10.4. The molecule has 0 heterocycles. The molecule has 0 aromatic heterocycles. The summed E-state index contributed by atoms with van der Waals surface area (Å²) in [4.78, 5) is 0. The average molecular weight is 287 g/mol. The van der Waals surface area contributed by atoms with Crippen LogP contribution < -0.4 is 15.2 Å². The lowest BCUT2D eigenvalue weighted by Gasteiger charge is -2.14. The minimum Gasteiger partial charge on any atom is -0.493 e. The molecule has 2 aromatic carbocycles. The summed E-state index contributed by atoms with van der Waals surface area (Å²) in [6, 6.07) is 15.8. The Morgan fingerprint density at radius 3 is 2.52 bits per heavy atom. The van der Waals surface area contributed by atoms with Crippen molar-refractivity contribution in [3.63, 3.8) is 0 Å². The Kier molecular flexibility index (Phi) is 6.06. The first-order chi connectivity index (χ1) is 10.3. The molecule has 0 saturated carbocycles. The van der Waals surface area contributed by atoms with E-state index in [9.17, 15) is 0 Å². The van der Waals surface area contributed by atoms with E-state index in [0.717, 1.165) is 17.5 Å². The molecule has 0 unspecified atom stereocenters. The molecule has 112 valence electrons. The minimum absolute atomic E-state index is 0.173. The Hall–Kier alpha value is -2.04. The quantitative estimate of drug-likeness (QED) is 0.599. The van der Waals surface area contributed by atoms with Crippen molar-refractivity contribution in [2.75, 3.05) is 20.4 Å². The molecule has 0 radical (unpaired) electrons. The third-order valence-corrected chi connectivity index (χ3v) is 3.09. The lowest BCUT2D eigenvalue weighted by Crippen LogP contribution is -2.09. The molecule has 0 aliphatic heterocycles. The molecular formula is C17H21NO3. The Morgan fingerprint density at radius 2 is 1.81 bits per heavy atom. The fourth-order valence-corrected chi connectivity index (χ4v) is 2.07. The first-order valence-corrected chi connectivity index (χ1v) is 6.95. The van der Waals surface area contributed by atoms with Gasteiger partial charge in [0, 0.05) is 0 Å². The van der Waals surface area contributed by atoms with E-state index >= 15 is 0 Å².